The minimum absolute atomic E-state index is 0.00192. The third-order valence-electron chi connectivity index (χ3n) is 3.75. The zero-order valence-electron chi connectivity index (χ0n) is 14.1. The van der Waals surface area contributed by atoms with Crippen LogP contribution in [0.2, 0.25) is 5.02 Å². The molecule has 2 aromatic heterocycles. The molecular weight excluding hydrogens is 388 g/mol. The summed E-state index contributed by atoms with van der Waals surface area (Å²) in [6, 6.07) is 11.7. The SMILES string of the molecule is O=C(CCSc1nncn1CCc1cccs1)NCc1ccccc1Cl. The molecule has 0 saturated carbocycles. The smallest absolute Gasteiger partial charge is 0.221 e. The van der Waals surface area contributed by atoms with Crippen molar-refractivity contribution in [2.45, 2.75) is 31.1 Å². The Hall–Kier alpha value is -1.83. The second-order valence-electron chi connectivity index (χ2n) is 5.60. The highest BCUT2D eigenvalue weighted by molar-refractivity contribution is 7.99. The lowest BCUT2D eigenvalue weighted by molar-refractivity contribution is -0.120. The average molecular weight is 407 g/mol. The topological polar surface area (TPSA) is 59.8 Å². The molecule has 1 amide bonds. The van der Waals surface area contributed by atoms with E-state index in [1.807, 2.05) is 28.8 Å². The van der Waals surface area contributed by atoms with Crippen molar-refractivity contribution in [3.05, 3.63) is 63.6 Å². The number of carbonyl (C=O) groups is 1. The van der Waals surface area contributed by atoms with E-state index in [2.05, 4.69) is 33.0 Å². The lowest BCUT2D eigenvalue weighted by atomic mass is 10.2. The van der Waals surface area contributed by atoms with Crippen molar-refractivity contribution in [2.24, 2.45) is 0 Å². The van der Waals surface area contributed by atoms with Crippen LogP contribution < -0.4 is 5.32 Å². The van der Waals surface area contributed by atoms with Gasteiger partial charge < -0.3 is 9.88 Å². The van der Waals surface area contributed by atoms with E-state index in [0.29, 0.717) is 23.7 Å². The van der Waals surface area contributed by atoms with Crippen LogP contribution in [0.1, 0.15) is 16.9 Å². The Morgan fingerprint density at radius 3 is 2.96 bits per heavy atom. The number of nitrogens with one attached hydrogen (secondary N) is 1. The first kappa shape index (κ1) is 18.9. The average Bonchev–Trinajstić information content (AvgIpc) is 3.31. The van der Waals surface area contributed by atoms with Gasteiger partial charge in [-0.2, -0.15) is 0 Å². The Morgan fingerprint density at radius 2 is 2.15 bits per heavy atom. The molecule has 136 valence electrons. The maximum absolute atomic E-state index is 12.0. The molecule has 1 aromatic carbocycles. The first-order valence-corrected chi connectivity index (χ1v) is 10.5. The molecule has 0 atom stereocenters. The fourth-order valence-electron chi connectivity index (χ4n) is 2.35. The minimum Gasteiger partial charge on any atom is -0.352 e. The molecular formula is C18H19ClN4OS2. The van der Waals surface area contributed by atoms with Gasteiger partial charge in [0.05, 0.1) is 0 Å². The van der Waals surface area contributed by atoms with Crippen molar-refractivity contribution >= 4 is 40.6 Å². The second kappa shape index (κ2) is 9.75. The molecule has 0 aliphatic rings. The molecule has 5 nitrogen and oxygen atoms in total. The molecule has 3 rings (SSSR count). The standard InChI is InChI=1S/C18H19ClN4OS2/c19-16-6-2-1-4-14(16)12-20-17(24)8-11-26-18-22-21-13-23(18)9-7-15-5-3-10-25-15/h1-6,10,13H,7-9,11-12H2,(H,20,24). The molecule has 0 unspecified atom stereocenters. The lowest BCUT2D eigenvalue weighted by Gasteiger charge is -2.07. The summed E-state index contributed by atoms with van der Waals surface area (Å²) in [4.78, 5) is 13.4. The van der Waals surface area contributed by atoms with Gasteiger partial charge in [-0.05, 0) is 29.5 Å². The fraction of sp³-hybridized carbons (Fsp3) is 0.278. The number of benzene rings is 1. The molecule has 0 aliphatic carbocycles. The van der Waals surface area contributed by atoms with Crippen LogP contribution >= 0.6 is 34.7 Å². The van der Waals surface area contributed by atoms with E-state index in [0.717, 1.165) is 23.7 Å². The quantitative estimate of drug-likeness (QED) is 0.545. The number of thioether (sulfide) groups is 1. The Morgan fingerprint density at radius 1 is 1.27 bits per heavy atom. The molecule has 0 saturated heterocycles. The van der Waals surface area contributed by atoms with Gasteiger partial charge in [0, 0.05) is 35.2 Å². The zero-order chi connectivity index (χ0) is 18.2. The monoisotopic (exact) mass is 406 g/mol. The summed E-state index contributed by atoms with van der Waals surface area (Å²) in [5, 5.41) is 14.6. The predicted octanol–water partition coefficient (Wildman–Crippen LogP) is 4.03. The molecule has 0 bridgehead atoms. The van der Waals surface area contributed by atoms with Crippen molar-refractivity contribution in [1.29, 1.82) is 0 Å². The highest BCUT2D eigenvalue weighted by Crippen LogP contribution is 2.18. The third-order valence-corrected chi connectivity index (χ3v) is 6.04. The number of carbonyl (C=O) groups excluding carboxylic acids is 1. The van der Waals surface area contributed by atoms with E-state index in [-0.39, 0.29) is 5.91 Å². The van der Waals surface area contributed by atoms with Gasteiger partial charge in [-0.15, -0.1) is 21.5 Å². The van der Waals surface area contributed by atoms with Crippen LogP contribution in [0.3, 0.4) is 0 Å². The first-order chi connectivity index (χ1) is 12.7. The van der Waals surface area contributed by atoms with Crippen LogP contribution in [-0.2, 0) is 24.3 Å². The van der Waals surface area contributed by atoms with Gasteiger partial charge in [0.15, 0.2) is 5.16 Å². The maximum atomic E-state index is 12.0. The van der Waals surface area contributed by atoms with Crippen molar-refractivity contribution < 1.29 is 4.79 Å². The molecule has 8 heteroatoms. The van der Waals surface area contributed by atoms with Gasteiger partial charge in [-0.1, -0.05) is 47.6 Å². The highest BCUT2D eigenvalue weighted by Gasteiger charge is 2.08. The third kappa shape index (κ3) is 5.59. The van der Waals surface area contributed by atoms with Crippen molar-refractivity contribution in [3.63, 3.8) is 0 Å². The zero-order valence-corrected chi connectivity index (χ0v) is 16.5. The Labute approximate surface area is 165 Å². The van der Waals surface area contributed by atoms with Crippen LogP contribution in [0.25, 0.3) is 0 Å². The fourth-order valence-corrected chi connectivity index (χ4v) is 4.13. The van der Waals surface area contributed by atoms with Gasteiger partial charge in [0.2, 0.25) is 5.91 Å². The highest BCUT2D eigenvalue weighted by atomic mass is 35.5. The van der Waals surface area contributed by atoms with Gasteiger partial charge in [0.1, 0.15) is 6.33 Å². The first-order valence-electron chi connectivity index (χ1n) is 8.25. The largest absolute Gasteiger partial charge is 0.352 e. The summed E-state index contributed by atoms with van der Waals surface area (Å²) in [6.45, 7) is 1.29. The number of aryl methyl sites for hydroxylation is 2. The molecule has 26 heavy (non-hydrogen) atoms. The second-order valence-corrected chi connectivity index (χ2v) is 8.10. The number of thiophene rings is 1. The Bertz CT molecular complexity index is 835. The molecule has 2 heterocycles. The summed E-state index contributed by atoms with van der Waals surface area (Å²) in [5.41, 5.74) is 0.920. The molecule has 3 aromatic rings. The van der Waals surface area contributed by atoms with E-state index in [1.165, 1.54) is 4.88 Å². The van der Waals surface area contributed by atoms with Gasteiger partial charge in [-0.3, -0.25) is 4.79 Å². The summed E-state index contributed by atoms with van der Waals surface area (Å²) < 4.78 is 2.03. The van der Waals surface area contributed by atoms with E-state index < -0.39 is 0 Å². The molecule has 0 aliphatic heterocycles. The van der Waals surface area contributed by atoms with Crippen molar-refractivity contribution in [1.82, 2.24) is 20.1 Å². The van der Waals surface area contributed by atoms with Crippen LogP contribution in [0.4, 0.5) is 0 Å². The maximum Gasteiger partial charge on any atom is 0.221 e. The van der Waals surface area contributed by atoms with Crippen LogP contribution in [0.15, 0.2) is 53.3 Å². The van der Waals surface area contributed by atoms with Crippen LogP contribution in [0, 0.1) is 0 Å². The number of hydrogen-bond acceptors (Lipinski definition) is 5. The van der Waals surface area contributed by atoms with E-state index >= 15 is 0 Å². The number of aromatic nitrogens is 3. The molecule has 0 radical (unpaired) electrons. The van der Waals surface area contributed by atoms with Crippen LogP contribution in [0.5, 0.6) is 0 Å². The summed E-state index contributed by atoms with van der Waals surface area (Å²) in [6.07, 6.45) is 3.13. The Kier molecular flexibility index (Phi) is 7.11. The summed E-state index contributed by atoms with van der Waals surface area (Å²) in [7, 11) is 0. The predicted molar refractivity (Wildman–Crippen MR) is 107 cm³/mol. The summed E-state index contributed by atoms with van der Waals surface area (Å²) in [5.74, 6) is 0.661. The van der Waals surface area contributed by atoms with Gasteiger partial charge >= 0.3 is 0 Å². The molecule has 0 spiro atoms. The van der Waals surface area contributed by atoms with E-state index in [4.69, 9.17) is 11.6 Å². The van der Waals surface area contributed by atoms with Crippen molar-refractivity contribution in [2.75, 3.05) is 5.75 Å². The Balaban J connectivity index is 1.40. The number of rotatable bonds is 9. The molecule has 1 N–H and O–H groups in total. The number of amides is 1. The van der Waals surface area contributed by atoms with Crippen LogP contribution in [-0.4, -0.2) is 26.4 Å². The number of hydrogen-bond donors (Lipinski definition) is 1. The van der Waals surface area contributed by atoms with E-state index in [1.54, 1.807) is 29.4 Å². The van der Waals surface area contributed by atoms with Crippen molar-refractivity contribution in [3.8, 4) is 0 Å². The summed E-state index contributed by atoms with van der Waals surface area (Å²) >= 11 is 9.39. The van der Waals surface area contributed by atoms with Gasteiger partial charge in [-0.25, -0.2) is 0 Å². The number of nitrogens with zero attached hydrogens (tertiary/aromatic N) is 3. The number of halogens is 1. The van der Waals surface area contributed by atoms with Gasteiger partial charge in [0.25, 0.3) is 0 Å². The lowest BCUT2D eigenvalue weighted by Crippen LogP contribution is -2.23. The van der Waals surface area contributed by atoms with E-state index in [9.17, 15) is 4.79 Å². The molecule has 0 fully saturated rings. The minimum atomic E-state index is 0.00192. The normalized spacial score (nSPS) is 10.8.